The van der Waals surface area contributed by atoms with Crippen LogP contribution in [0.15, 0.2) is 53.3 Å². The van der Waals surface area contributed by atoms with E-state index in [9.17, 15) is 8.42 Å². The van der Waals surface area contributed by atoms with Gasteiger partial charge in [0.2, 0.25) is 5.79 Å². The van der Waals surface area contributed by atoms with E-state index in [-0.39, 0.29) is 0 Å². The predicted molar refractivity (Wildman–Crippen MR) is 94.9 cm³/mol. The fraction of sp³-hybridized carbons (Fsp3) is 0.312. The van der Waals surface area contributed by atoms with Gasteiger partial charge in [0, 0.05) is 16.2 Å². The van der Waals surface area contributed by atoms with Gasteiger partial charge in [0.25, 0.3) is 10.1 Å². The highest BCUT2D eigenvalue weighted by Gasteiger charge is 2.39. The Bertz CT molecular complexity index is 753. The van der Waals surface area contributed by atoms with E-state index in [4.69, 9.17) is 18.8 Å². The van der Waals surface area contributed by atoms with Crippen LogP contribution in [0.5, 0.6) is 5.75 Å². The van der Waals surface area contributed by atoms with Crippen molar-refractivity contribution in [3.05, 3.63) is 58.8 Å². The van der Waals surface area contributed by atoms with Crippen LogP contribution < -0.4 is 4.74 Å². The summed E-state index contributed by atoms with van der Waals surface area (Å²) in [5, 5.41) is 0. The Morgan fingerprint density at radius 2 is 1.84 bits per heavy atom. The van der Waals surface area contributed by atoms with Gasteiger partial charge in [-0.3, -0.25) is 9.54 Å². The van der Waals surface area contributed by atoms with Crippen LogP contribution in [0, 0.1) is 0 Å². The van der Waals surface area contributed by atoms with Gasteiger partial charge in [0.05, 0.1) is 25.7 Å². The largest absolute Gasteiger partial charge is 0.486 e. The summed E-state index contributed by atoms with van der Waals surface area (Å²) in [6.07, 6.45) is 4.09. The zero-order chi connectivity index (χ0) is 18.3. The molecule has 0 spiro atoms. The van der Waals surface area contributed by atoms with Gasteiger partial charge in [-0.05, 0) is 24.3 Å². The Morgan fingerprint density at radius 1 is 1.24 bits per heavy atom. The van der Waals surface area contributed by atoms with Crippen LogP contribution in [-0.4, -0.2) is 44.0 Å². The molecule has 0 unspecified atom stereocenters. The molecule has 9 heteroatoms. The van der Waals surface area contributed by atoms with Crippen LogP contribution >= 0.6 is 15.9 Å². The number of rotatable bonds is 4. The Labute approximate surface area is 154 Å². The zero-order valence-electron chi connectivity index (χ0n) is 13.5. The standard InChI is InChI=1S/C15H14BrNO3.CH4O3S/c16-13-5-3-12(4-6-13)15(19-8-9-20-15)11-18-14-2-1-7-17-10-14;1-5(2,3)4/h1-7,10H,8-9,11H2;1H3,(H,2,3,4). The minimum atomic E-state index is -3.67. The maximum Gasteiger partial charge on any atom is 0.261 e. The molecule has 1 aromatic heterocycles. The first-order valence-electron chi connectivity index (χ1n) is 7.28. The number of aromatic nitrogens is 1. The first kappa shape index (κ1) is 19.8. The molecule has 0 saturated carbocycles. The minimum Gasteiger partial charge on any atom is -0.486 e. The molecule has 1 saturated heterocycles. The Kier molecular flexibility index (Phi) is 6.91. The lowest BCUT2D eigenvalue weighted by Gasteiger charge is -2.27. The lowest BCUT2D eigenvalue weighted by Crippen LogP contribution is -2.34. The van der Waals surface area contributed by atoms with Crippen LogP contribution in [0.4, 0.5) is 0 Å². The van der Waals surface area contributed by atoms with E-state index in [0.29, 0.717) is 31.8 Å². The van der Waals surface area contributed by atoms with Gasteiger partial charge in [-0.1, -0.05) is 28.1 Å². The van der Waals surface area contributed by atoms with Crippen molar-refractivity contribution in [2.75, 3.05) is 26.1 Å². The second-order valence-electron chi connectivity index (χ2n) is 5.17. The summed E-state index contributed by atoms with van der Waals surface area (Å²) in [6.45, 7) is 1.42. The van der Waals surface area contributed by atoms with Crippen LogP contribution in [-0.2, 0) is 25.4 Å². The lowest BCUT2D eigenvalue weighted by atomic mass is 10.1. The van der Waals surface area contributed by atoms with Crippen molar-refractivity contribution >= 4 is 26.0 Å². The minimum absolute atomic E-state index is 0.292. The van der Waals surface area contributed by atoms with Crippen molar-refractivity contribution in [3.63, 3.8) is 0 Å². The summed E-state index contributed by atoms with van der Waals surface area (Å²) in [4.78, 5) is 4.02. The van der Waals surface area contributed by atoms with E-state index >= 15 is 0 Å². The van der Waals surface area contributed by atoms with Crippen molar-refractivity contribution in [2.24, 2.45) is 0 Å². The fourth-order valence-corrected chi connectivity index (χ4v) is 2.37. The molecule has 1 aliphatic rings. The average Bonchev–Trinajstić information content (AvgIpc) is 3.03. The first-order valence-corrected chi connectivity index (χ1v) is 9.92. The Morgan fingerprint density at radius 3 is 2.36 bits per heavy atom. The molecule has 3 rings (SSSR count). The molecular formula is C16H18BrNO6S. The second kappa shape index (κ2) is 8.72. The van der Waals surface area contributed by atoms with Gasteiger partial charge in [-0.2, -0.15) is 8.42 Å². The lowest BCUT2D eigenvalue weighted by molar-refractivity contribution is -0.185. The Hall–Kier alpha value is -1.52. The smallest absolute Gasteiger partial charge is 0.261 e. The third kappa shape index (κ3) is 6.71. The molecule has 1 aromatic carbocycles. The number of ether oxygens (including phenoxy) is 3. The molecule has 1 N–H and O–H groups in total. The molecule has 2 aromatic rings. The summed E-state index contributed by atoms with van der Waals surface area (Å²) in [6, 6.07) is 11.6. The molecule has 25 heavy (non-hydrogen) atoms. The van der Waals surface area contributed by atoms with Crippen molar-refractivity contribution in [2.45, 2.75) is 5.79 Å². The van der Waals surface area contributed by atoms with Crippen molar-refractivity contribution < 1.29 is 27.2 Å². The van der Waals surface area contributed by atoms with Gasteiger partial charge in [-0.25, -0.2) is 0 Å². The summed E-state index contributed by atoms with van der Waals surface area (Å²) in [5.74, 6) is -0.139. The van der Waals surface area contributed by atoms with E-state index in [2.05, 4.69) is 20.9 Å². The van der Waals surface area contributed by atoms with Gasteiger partial charge < -0.3 is 14.2 Å². The Balaban J connectivity index is 0.000000399. The molecule has 2 heterocycles. The molecule has 136 valence electrons. The van der Waals surface area contributed by atoms with Gasteiger partial charge in [-0.15, -0.1) is 0 Å². The molecule has 0 atom stereocenters. The quantitative estimate of drug-likeness (QED) is 0.743. The van der Waals surface area contributed by atoms with Crippen molar-refractivity contribution in [1.82, 2.24) is 4.98 Å². The SMILES string of the molecule is Brc1ccc(C2(COc3cccnc3)OCCO2)cc1.CS(=O)(=O)O. The van der Waals surface area contributed by atoms with E-state index in [1.807, 2.05) is 36.4 Å². The molecule has 1 aliphatic heterocycles. The zero-order valence-corrected chi connectivity index (χ0v) is 15.9. The summed E-state index contributed by atoms with van der Waals surface area (Å²) < 4.78 is 44.2. The number of halogens is 1. The topological polar surface area (TPSA) is 95.0 Å². The number of hydrogen-bond acceptors (Lipinski definition) is 6. The highest BCUT2D eigenvalue weighted by Crippen LogP contribution is 2.33. The third-order valence-corrected chi connectivity index (χ3v) is 3.63. The fourth-order valence-electron chi connectivity index (χ4n) is 2.10. The maximum atomic E-state index is 9.19. The van der Waals surface area contributed by atoms with E-state index < -0.39 is 15.9 Å². The number of benzene rings is 1. The molecule has 0 bridgehead atoms. The predicted octanol–water partition coefficient (Wildman–Crippen LogP) is 2.63. The van der Waals surface area contributed by atoms with Gasteiger partial charge in [0.15, 0.2) is 0 Å². The average molecular weight is 432 g/mol. The van der Waals surface area contributed by atoms with Crippen LogP contribution in [0.25, 0.3) is 0 Å². The monoisotopic (exact) mass is 431 g/mol. The number of nitrogens with zero attached hydrogens (tertiary/aromatic N) is 1. The molecule has 0 aliphatic carbocycles. The van der Waals surface area contributed by atoms with Crippen LogP contribution in [0.1, 0.15) is 5.56 Å². The molecule has 0 amide bonds. The van der Waals surface area contributed by atoms with Crippen LogP contribution in [0.2, 0.25) is 0 Å². The van der Waals surface area contributed by atoms with Crippen molar-refractivity contribution in [1.29, 1.82) is 0 Å². The summed E-state index contributed by atoms with van der Waals surface area (Å²) in [7, 11) is -3.67. The second-order valence-corrected chi connectivity index (χ2v) is 7.55. The summed E-state index contributed by atoms with van der Waals surface area (Å²) >= 11 is 3.43. The number of pyridine rings is 1. The molecule has 7 nitrogen and oxygen atoms in total. The normalized spacial score (nSPS) is 16.0. The molecular weight excluding hydrogens is 414 g/mol. The maximum absolute atomic E-state index is 9.19. The van der Waals surface area contributed by atoms with E-state index in [0.717, 1.165) is 10.0 Å². The van der Waals surface area contributed by atoms with E-state index in [1.165, 1.54) is 0 Å². The molecule has 0 radical (unpaired) electrons. The van der Waals surface area contributed by atoms with Gasteiger partial charge in [0.1, 0.15) is 12.4 Å². The highest BCUT2D eigenvalue weighted by molar-refractivity contribution is 9.10. The van der Waals surface area contributed by atoms with E-state index in [1.54, 1.807) is 12.4 Å². The third-order valence-electron chi connectivity index (χ3n) is 3.10. The first-order chi connectivity index (χ1) is 11.8. The van der Waals surface area contributed by atoms with Gasteiger partial charge >= 0.3 is 0 Å². The summed E-state index contributed by atoms with van der Waals surface area (Å²) in [5.41, 5.74) is 0.946. The van der Waals surface area contributed by atoms with Crippen molar-refractivity contribution in [3.8, 4) is 5.75 Å². The highest BCUT2D eigenvalue weighted by atomic mass is 79.9. The molecule has 1 fully saturated rings. The number of hydrogen-bond donors (Lipinski definition) is 1. The van der Waals surface area contributed by atoms with Crippen LogP contribution in [0.3, 0.4) is 0 Å².